The van der Waals surface area contributed by atoms with Crippen LogP contribution in [0.15, 0.2) is 24.4 Å². The number of carbonyl (C=O) groups excluding carboxylic acids is 1. The second-order valence-corrected chi connectivity index (χ2v) is 4.20. The van der Waals surface area contributed by atoms with Crippen LogP contribution in [0, 0.1) is 0 Å². The predicted octanol–water partition coefficient (Wildman–Crippen LogP) is 2.76. The lowest BCUT2D eigenvalue weighted by atomic mass is 10.1. The van der Waals surface area contributed by atoms with Crippen LogP contribution in [0.2, 0.25) is 0 Å². The van der Waals surface area contributed by atoms with Gasteiger partial charge in [0.1, 0.15) is 5.75 Å². The number of nitrogens with one attached hydrogen (secondary N) is 1. The molecule has 0 amide bonds. The van der Waals surface area contributed by atoms with Crippen molar-refractivity contribution in [1.29, 1.82) is 0 Å². The average Bonchev–Trinajstić information content (AvgIpc) is 2.72. The predicted molar refractivity (Wildman–Crippen MR) is 69.5 cm³/mol. The highest BCUT2D eigenvalue weighted by Gasteiger charge is 2.06. The minimum Gasteiger partial charge on any atom is -0.508 e. The molecule has 18 heavy (non-hydrogen) atoms. The van der Waals surface area contributed by atoms with Gasteiger partial charge in [0.25, 0.3) is 0 Å². The van der Waals surface area contributed by atoms with E-state index >= 15 is 0 Å². The number of aromatic hydroxyl groups is 1. The Kier molecular flexibility index (Phi) is 3.87. The van der Waals surface area contributed by atoms with E-state index in [-0.39, 0.29) is 11.7 Å². The Labute approximate surface area is 106 Å². The van der Waals surface area contributed by atoms with Crippen molar-refractivity contribution in [3.05, 3.63) is 30.0 Å². The number of rotatable bonds is 5. The van der Waals surface area contributed by atoms with E-state index in [4.69, 9.17) is 4.74 Å². The number of fused-ring (bicyclic) bond motifs is 1. The van der Waals surface area contributed by atoms with E-state index in [9.17, 15) is 9.90 Å². The van der Waals surface area contributed by atoms with Gasteiger partial charge in [0.15, 0.2) is 0 Å². The third-order valence-electron chi connectivity index (χ3n) is 2.88. The number of aryl methyl sites for hydroxylation is 1. The molecule has 1 heterocycles. The van der Waals surface area contributed by atoms with Crippen molar-refractivity contribution in [2.45, 2.75) is 26.2 Å². The second-order valence-electron chi connectivity index (χ2n) is 4.20. The summed E-state index contributed by atoms with van der Waals surface area (Å²) in [6, 6.07) is 5.24. The molecule has 2 N–H and O–H groups in total. The summed E-state index contributed by atoms with van der Waals surface area (Å²) in [6.45, 7) is 2.24. The maximum absolute atomic E-state index is 11.2. The maximum Gasteiger partial charge on any atom is 0.305 e. The first kappa shape index (κ1) is 12.5. The first-order valence-electron chi connectivity index (χ1n) is 6.15. The molecule has 1 aromatic carbocycles. The van der Waals surface area contributed by atoms with Crippen molar-refractivity contribution in [3.8, 4) is 5.75 Å². The molecule has 0 saturated carbocycles. The van der Waals surface area contributed by atoms with E-state index in [1.807, 2.05) is 12.3 Å². The largest absolute Gasteiger partial charge is 0.508 e. The standard InChI is InChI=1S/C14H17NO3/c1-2-18-14(17)5-3-4-10-9-15-13-7-6-11(16)8-12(10)13/h6-9,15-16H,2-5H2,1H3. The molecule has 0 fully saturated rings. The molecular weight excluding hydrogens is 230 g/mol. The van der Waals surface area contributed by atoms with E-state index in [2.05, 4.69) is 4.98 Å². The smallest absolute Gasteiger partial charge is 0.305 e. The number of aromatic amines is 1. The van der Waals surface area contributed by atoms with Gasteiger partial charge in [0.2, 0.25) is 0 Å². The summed E-state index contributed by atoms with van der Waals surface area (Å²) < 4.78 is 4.88. The molecule has 4 nitrogen and oxygen atoms in total. The summed E-state index contributed by atoms with van der Waals surface area (Å²) in [6.07, 6.45) is 3.90. The number of esters is 1. The van der Waals surface area contributed by atoms with Gasteiger partial charge in [0, 0.05) is 23.5 Å². The summed E-state index contributed by atoms with van der Waals surface area (Å²) >= 11 is 0. The molecule has 2 rings (SSSR count). The fraction of sp³-hybridized carbons (Fsp3) is 0.357. The summed E-state index contributed by atoms with van der Waals surface area (Å²) in [5, 5.41) is 10.5. The van der Waals surface area contributed by atoms with Crippen molar-refractivity contribution in [1.82, 2.24) is 4.98 Å². The van der Waals surface area contributed by atoms with Crippen LogP contribution in [-0.4, -0.2) is 22.7 Å². The molecule has 0 unspecified atom stereocenters. The van der Waals surface area contributed by atoms with Gasteiger partial charge in [-0.1, -0.05) is 0 Å². The van der Waals surface area contributed by atoms with Crippen molar-refractivity contribution >= 4 is 16.9 Å². The zero-order valence-electron chi connectivity index (χ0n) is 10.4. The highest BCUT2D eigenvalue weighted by molar-refractivity contribution is 5.84. The first-order chi connectivity index (χ1) is 8.70. The summed E-state index contributed by atoms with van der Waals surface area (Å²) in [5.74, 6) is 0.105. The molecule has 0 aliphatic rings. The number of ether oxygens (including phenoxy) is 1. The van der Waals surface area contributed by atoms with Crippen molar-refractivity contribution in [3.63, 3.8) is 0 Å². The van der Waals surface area contributed by atoms with Crippen LogP contribution in [-0.2, 0) is 16.0 Å². The lowest BCUT2D eigenvalue weighted by Gasteiger charge is -2.01. The second kappa shape index (κ2) is 5.58. The van der Waals surface area contributed by atoms with E-state index in [0.717, 1.165) is 29.3 Å². The fourth-order valence-corrected chi connectivity index (χ4v) is 2.03. The highest BCUT2D eigenvalue weighted by atomic mass is 16.5. The van der Waals surface area contributed by atoms with E-state index in [1.165, 1.54) is 0 Å². The molecule has 0 aliphatic heterocycles. The van der Waals surface area contributed by atoms with Gasteiger partial charge < -0.3 is 14.8 Å². The van der Waals surface area contributed by atoms with Crippen molar-refractivity contribution in [2.24, 2.45) is 0 Å². The van der Waals surface area contributed by atoms with E-state index in [0.29, 0.717) is 13.0 Å². The molecule has 2 aromatic rings. The van der Waals surface area contributed by atoms with Crippen LogP contribution < -0.4 is 0 Å². The highest BCUT2D eigenvalue weighted by Crippen LogP contribution is 2.24. The molecule has 0 aliphatic carbocycles. The van der Waals surface area contributed by atoms with Gasteiger partial charge in [0.05, 0.1) is 6.61 Å². The van der Waals surface area contributed by atoms with Crippen LogP contribution in [0.25, 0.3) is 10.9 Å². The maximum atomic E-state index is 11.2. The van der Waals surface area contributed by atoms with Crippen LogP contribution in [0.1, 0.15) is 25.3 Å². The van der Waals surface area contributed by atoms with Gasteiger partial charge in [-0.05, 0) is 43.5 Å². The number of aromatic nitrogens is 1. The van der Waals surface area contributed by atoms with Crippen LogP contribution in [0.5, 0.6) is 5.75 Å². The van der Waals surface area contributed by atoms with Crippen molar-refractivity contribution in [2.75, 3.05) is 6.61 Å². The topological polar surface area (TPSA) is 62.3 Å². The molecule has 0 saturated heterocycles. The van der Waals surface area contributed by atoms with Crippen LogP contribution >= 0.6 is 0 Å². The number of hydrogen-bond donors (Lipinski definition) is 2. The quantitative estimate of drug-likeness (QED) is 0.798. The Morgan fingerprint density at radius 1 is 1.44 bits per heavy atom. The van der Waals surface area contributed by atoms with Gasteiger partial charge in [-0.25, -0.2) is 0 Å². The summed E-state index contributed by atoms with van der Waals surface area (Å²) in [5.41, 5.74) is 2.11. The third-order valence-corrected chi connectivity index (χ3v) is 2.88. The molecule has 4 heteroatoms. The van der Waals surface area contributed by atoms with E-state index < -0.39 is 0 Å². The minimum absolute atomic E-state index is 0.153. The SMILES string of the molecule is CCOC(=O)CCCc1c[nH]c2ccc(O)cc12. The number of phenolic OH excluding ortho intramolecular Hbond substituents is 1. The Balaban J connectivity index is 1.99. The number of H-pyrrole nitrogens is 1. The third kappa shape index (κ3) is 2.83. The molecule has 0 spiro atoms. The number of hydrogen-bond acceptors (Lipinski definition) is 3. The monoisotopic (exact) mass is 247 g/mol. The van der Waals surface area contributed by atoms with Crippen LogP contribution in [0.3, 0.4) is 0 Å². The normalized spacial score (nSPS) is 10.7. The molecule has 0 bridgehead atoms. The van der Waals surface area contributed by atoms with Gasteiger partial charge >= 0.3 is 5.97 Å². The Hall–Kier alpha value is -1.97. The number of phenols is 1. The summed E-state index contributed by atoms with van der Waals surface area (Å²) in [7, 11) is 0. The number of carbonyl (C=O) groups is 1. The average molecular weight is 247 g/mol. The zero-order valence-corrected chi connectivity index (χ0v) is 10.4. The zero-order chi connectivity index (χ0) is 13.0. The van der Waals surface area contributed by atoms with Crippen LogP contribution in [0.4, 0.5) is 0 Å². The molecule has 0 radical (unpaired) electrons. The first-order valence-corrected chi connectivity index (χ1v) is 6.15. The lowest BCUT2D eigenvalue weighted by molar-refractivity contribution is -0.143. The fourth-order valence-electron chi connectivity index (χ4n) is 2.03. The van der Waals surface area contributed by atoms with Gasteiger partial charge in [-0.2, -0.15) is 0 Å². The van der Waals surface area contributed by atoms with Crippen molar-refractivity contribution < 1.29 is 14.6 Å². The van der Waals surface area contributed by atoms with Gasteiger partial charge in [-0.15, -0.1) is 0 Å². The Bertz CT molecular complexity index is 545. The Morgan fingerprint density at radius 2 is 2.28 bits per heavy atom. The van der Waals surface area contributed by atoms with Gasteiger partial charge in [-0.3, -0.25) is 4.79 Å². The molecule has 96 valence electrons. The minimum atomic E-state index is -0.153. The lowest BCUT2D eigenvalue weighted by Crippen LogP contribution is -2.03. The van der Waals surface area contributed by atoms with E-state index in [1.54, 1.807) is 19.1 Å². The summed E-state index contributed by atoms with van der Waals surface area (Å²) in [4.78, 5) is 14.4. The molecule has 1 aromatic heterocycles. The molecular formula is C14H17NO3. The Morgan fingerprint density at radius 3 is 3.06 bits per heavy atom. The number of benzene rings is 1. The molecule has 0 atom stereocenters.